The zero-order valence-electron chi connectivity index (χ0n) is 16.7. The van der Waals surface area contributed by atoms with Crippen molar-refractivity contribution in [3.8, 4) is 5.75 Å². The highest BCUT2D eigenvalue weighted by Gasteiger charge is 2.33. The van der Waals surface area contributed by atoms with Crippen LogP contribution in [0.15, 0.2) is 24.3 Å². The first-order chi connectivity index (χ1) is 13.4. The molecular formula is C20H29N3O5. The van der Waals surface area contributed by atoms with Crippen molar-refractivity contribution in [1.82, 2.24) is 15.5 Å². The summed E-state index contributed by atoms with van der Waals surface area (Å²) < 4.78 is 10.3. The molecule has 1 aromatic carbocycles. The van der Waals surface area contributed by atoms with Gasteiger partial charge in [0.05, 0.1) is 26.7 Å². The fourth-order valence-electron chi connectivity index (χ4n) is 2.83. The number of piperazine rings is 1. The molecular weight excluding hydrogens is 362 g/mol. The summed E-state index contributed by atoms with van der Waals surface area (Å²) >= 11 is 0. The van der Waals surface area contributed by atoms with Crippen molar-refractivity contribution < 1.29 is 23.9 Å². The molecule has 1 aliphatic rings. The van der Waals surface area contributed by atoms with Crippen molar-refractivity contribution >= 4 is 17.8 Å². The smallest absolute Gasteiger partial charge is 0.307 e. The predicted molar refractivity (Wildman–Crippen MR) is 104 cm³/mol. The average Bonchev–Trinajstić information content (AvgIpc) is 2.68. The van der Waals surface area contributed by atoms with Gasteiger partial charge in [0, 0.05) is 19.6 Å². The van der Waals surface area contributed by atoms with Crippen molar-refractivity contribution in [2.24, 2.45) is 5.92 Å². The van der Waals surface area contributed by atoms with E-state index in [2.05, 4.69) is 10.6 Å². The van der Waals surface area contributed by atoms with Crippen LogP contribution < -0.4 is 15.4 Å². The van der Waals surface area contributed by atoms with Gasteiger partial charge in [-0.2, -0.15) is 0 Å². The molecule has 0 saturated carbocycles. The monoisotopic (exact) mass is 391 g/mol. The number of ether oxygens (including phenoxy) is 2. The molecule has 28 heavy (non-hydrogen) atoms. The van der Waals surface area contributed by atoms with Crippen LogP contribution in [0.4, 0.5) is 0 Å². The van der Waals surface area contributed by atoms with Crippen LogP contribution in [-0.4, -0.2) is 62.1 Å². The van der Waals surface area contributed by atoms with E-state index in [1.54, 1.807) is 12.0 Å². The van der Waals surface area contributed by atoms with Crippen LogP contribution in [0.2, 0.25) is 0 Å². The van der Waals surface area contributed by atoms with Gasteiger partial charge in [-0.25, -0.2) is 0 Å². The predicted octanol–water partition coefficient (Wildman–Crippen LogP) is 0.701. The number of rotatable bonds is 9. The largest absolute Gasteiger partial charge is 0.497 e. The quantitative estimate of drug-likeness (QED) is 0.602. The van der Waals surface area contributed by atoms with Crippen LogP contribution in [0.1, 0.15) is 25.8 Å². The van der Waals surface area contributed by atoms with Gasteiger partial charge in [0.2, 0.25) is 11.8 Å². The lowest BCUT2D eigenvalue weighted by Crippen LogP contribution is -2.58. The molecule has 1 aliphatic heterocycles. The maximum absolute atomic E-state index is 12.3. The highest BCUT2D eigenvalue weighted by atomic mass is 16.5. The third-order valence-electron chi connectivity index (χ3n) is 4.37. The van der Waals surface area contributed by atoms with Gasteiger partial charge in [0.25, 0.3) is 0 Å². The van der Waals surface area contributed by atoms with Gasteiger partial charge < -0.3 is 20.1 Å². The van der Waals surface area contributed by atoms with Crippen LogP contribution in [0.25, 0.3) is 0 Å². The Morgan fingerprint density at radius 1 is 1.29 bits per heavy atom. The number of methoxy groups -OCH3 is 1. The van der Waals surface area contributed by atoms with E-state index in [1.165, 1.54) is 0 Å². The van der Waals surface area contributed by atoms with Gasteiger partial charge in [-0.1, -0.05) is 26.0 Å². The molecule has 2 amide bonds. The lowest BCUT2D eigenvalue weighted by molar-refractivity contribution is -0.150. The number of amides is 2. The second-order valence-electron chi connectivity index (χ2n) is 7.18. The Morgan fingerprint density at radius 2 is 2.00 bits per heavy atom. The third kappa shape index (κ3) is 6.84. The Hall–Kier alpha value is -2.61. The van der Waals surface area contributed by atoms with E-state index in [0.29, 0.717) is 26.2 Å². The van der Waals surface area contributed by atoms with Crippen molar-refractivity contribution in [1.29, 1.82) is 0 Å². The molecule has 1 atom stereocenters. The first-order valence-electron chi connectivity index (χ1n) is 9.46. The molecule has 0 spiro atoms. The summed E-state index contributed by atoms with van der Waals surface area (Å²) in [4.78, 5) is 38.3. The van der Waals surface area contributed by atoms with Gasteiger partial charge in [-0.15, -0.1) is 0 Å². The lowest BCUT2D eigenvalue weighted by Gasteiger charge is -2.33. The number of hydrogen-bond donors (Lipinski definition) is 2. The maximum atomic E-state index is 12.3. The molecule has 0 bridgehead atoms. The molecule has 0 aliphatic carbocycles. The number of carbonyl (C=O) groups excluding carboxylic acids is 3. The Morgan fingerprint density at radius 3 is 2.64 bits per heavy atom. The standard InChI is InChI=1S/C20H29N3O5/c1-14(2)13-28-19(25)10-17-20(26)21-8-9-23(17)12-18(24)22-11-15-4-6-16(27-3)7-5-15/h4-7,14,17H,8-13H2,1-3H3,(H,21,26)(H,22,24). The summed E-state index contributed by atoms with van der Waals surface area (Å²) in [6.07, 6.45) is -0.0652. The number of nitrogens with zero attached hydrogens (tertiary/aromatic N) is 1. The highest BCUT2D eigenvalue weighted by Crippen LogP contribution is 2.12. The Bertz CT molecular complexity index is 675. The van der Waals surface area contributed by atoms with Crippen LogP contribution in [0.3, 0.4) is 0 Å². The summed E-state index contributed by atoms with van der Waals surface area (Å²) in [6, 6.07) is 6.71. The van der Waals surface area contributed by atoms with E-state index in [1.807, 2.05) is 38.1 Å². The number of benzene rings is 1. The minimum atomic E-state index is -0.694. The molecule has 1 unspecified atom stereocenters. The van der Waals surface area contributed by atoms with Crippen molar-refractivity contribution in [3.63, 3.8) is 0 Å². The number of hydrogen-bond acceptors (Lipinski definition) is 6. The van der Waals surface area contributed by atoms with Gasteiger partial charge in [0.15, 0.2) is 0 Å². The van der Waals surface area contributed by atoms with Gasteiger partial charge in [-0.3, -0.25) is 19.3 Å². The summed E-state index contributed by atoms with van der Waals surface area (Å²) in [5, 5.41) is 5.59. The van der Waals surface area contributed by atoms with Crippen LogP contribution in [0.5, 0.6) is 5.75 Å². The SMILES string of the molecule is COc1ccc(CNC(=O)CN2CCNC(=O)C2CC(=O)OCC(C)C)cc1. The Labute approximate surface area is 165 Å². The van der Waals surface area contributed by atoms with E-state index in [9.17, 15) is 14.4 Å². The zero-order chi connectivity index (χ0) is 20.5. The topological polar surface area (TPSA) is 97.0 Å². The van der Waals surface area contributed by atoms with E-state index < -0.39 is 12.0 Å². The van der Waals surface area contributed by atoms with E-state index >= 15 is 0 Å². The normalized spacial score (nSPS) is 17.1. The highest BCUT2D eigenvalue weighted by molar-refractivity contribution is 5.88. The van der Waals surface area contributed by atoms with Gasteiger partial charge in [0.1, 0.15) is 11.8 Å². The van der Waals surface area contributed by atoms with Crippen molar-refractivity contribution in [3.05, 3.63) is 29.8 Å². The van der Waals surface area contributed by atoms with E-state index in [-0.39, 0.29) is 30.7 Å². The minimum Gasteiger partial charge on any atom is -0.497 e. The molecule has 1 saturated heterocycles. The summed E-state index contributed by atoms with van der Waals surface area (Å²) in [6.45, 7) is 5.58. The summed E-state index contributed by atoms with van der Waals surface area (Å²) in [7, 11) is 1.60. The first-order valence-corrected chi connectivity index (χ1v) is 9.46. The second-order valence-corrected chi connectivity index (χ2v) is 7.18. The Kier molecular flexibility index (Phi) is 8.25. The average molecular weight is 391 g/mol. The van der Waals surface area contributed by atoms with Crippen LogP contribution in [0, 0.1) is 5.92 Å². The minimum absolute atomic E-state index is 0.0473. The van der Waals surface area contributed by atoms with Crippen LogP contribution >= 0.6 is 0 Å². The van der Waals surface area contributed by atoms with Crippen molar-refractivity contribution in [2.75, 3.05) is 33.4 Å². The number of carbonyl (C=O) groups is 3. The molecule has 1 fully saturated rings. The van der Waals surface area contributed by atoms with Crippen molar-refractivity contribution in [2.45, 2.75) is 32.9 Å². The molecule has 2 N–H and O–H groups in total. The zero-order valence-corrected chi connectivity index (χ0v) is 16.7. The van der Waals surface area contributed by atoms with E-state index in [4.69, 9.17) is 9.47 Å². The molecule has 0 radical (unpaired) electrons. The fourth-order valence-corrected chi connectivity index (χ4v) is 2.83. The molecule has 2 rings (SSSR count). The lowest BCUT2D eigenvalue weighted by atomic mass is 10.1. The maximum Gasteiger partial charge on any atom is 0.307 e. The first kappa shape index (κ1) is 21.7. The molecule has 1 aromatic rings. The molecule has 0 aromatic heterocycles. The molecule has 1 heterocycles. The second kappa shape index (κ2) is 10.7. The fraction of sp³-hybridized carbons (Fsp3) is 0.550. The molecule has 8 nitrogen and oxygen atoms in total. The molecule has 8 heteroatoms. The van der Waals surface area contributed by atoms with Gasteiger partial charge in [-0.05, 0) is 23.6 Å². The third-order valence-corrected chi connectivity index (χ3v) is 4.37. The van der Waals surface area contributed by atoms with Crippen LogP contribution in [-0.2, 0) is 25.7 Å². The number of nitrogens with one attached hydrogen (secondary N) is 2. The van der Waals surface area contributed by atoms with Gasteiger partial charge >= 0.3 is 5.97 Å². The molecule has 154 valence electrons. The summed E-state index contributed by atoms with van der Waals surface area (Å²) in [5.74, 6) is 0.0896. The Balaban J connectivity index is 1.86. The number of esters is 1. The summed E-state index contributed by atoms with van der Waals surface area (Å²) in [5.41, 5.74) is 0.944. The van der Waals surface area contributed by atoms with E-state index in [0.717, 1.165) is 11.3 Å².